The number of esters is 2. The maximum absolute atomic E-state index is 14.1. The molecule has 1 aromatic rings. The number of carbonyl (C=O) groups is 2. The van der Waals surface area contributed by atoms with Gasteiger partial charge < -0.3 is 9.47 Å². The topological polar surface area (TPSA) is 52.6 Å². The van der Waals surface area contributed by atoms with E-state index in [4.69, 9.17) is 4.74 Å². The van der Waals surface area contributed by atoms with Gasteiger partial charge >= 0.3 is 41.7 Å². The maximum atomic E-state index is 14.1. The van der Waals surface area contributed by atoms with E-state index < -0.39 is 71.0 Å². The van der Waals surface area contributed by atoms with Gasteiger partial charge in [-0.05, 0) is 71.2 Å². The van der Waals surface area contributed by atoms with Gasteiger partial charge in [0.25, 0.3) is 0 Å². The van der Waals surface area contributed by atoms with Crippen LogP contribution in [0.25, 0.3) is 0 Å². The Labute approximate surface area is 225 Å². The summed E-state index contributed by atoms with van der Waals surface area (Å²) in [7, 11) is 0. The predicted molar refractivity (Wildman–Crippen MR) is 124 cm³/mol. The van der Waals surface area contributed by atoms with Crippen molar-refractivity contribution in [2.24, 2.45) is 10.8 Å². The molecule has 0 radical (unpaired) electrons. The van der Waals surface area contributed by atoms with E-state index in [0.29, 0.717) is 12.0 Å². The molecular formula is C26H32F10O4. The Hall–Kier alpha value is -2.54. The van der Waals surface area contributed by atoms with Gasteiger partial charge in [0.05, 0.1) is 16.4 Å². The molecule has 0 amide bonds. The molecule has 4 nitrogen and oxygen atoms in total. The summed E-state index contributed by atoms with van der Waals surface area (Å²) in [6.45, 7) is 10.6. The number of rotatable bonds is 6. The molecule has 1 aliphatic rings. The van der Waals surface area contributed by atoms with Crippen LogP contribution in [-0.2, 0) is 20.5 Å². The normalized spacial score (nSPS) is 22.0. The predicted octanol–water partition coefficient (Wildman–Crippen LogP) is 8.69. The van der Waals surface area contributed by atoms with Crippen LogP contribution in [0.3, 0.4) is 0 Å². The molecule has 0 N–H and O–H groups in total. The lowest BCUT2D eigenvalue weighted by atomic mass is 9.84. The largest absolute Gasteiger partial charge is 0.426 e. The first-order valence-electron chi connectivity index (χ1n) is 12.2. The van der Waals surface area contributed by atoms with E-state index in [9.17, 15) is 53.5 Å². The van der Waals surface area contributed by atoms with E-state index in [2.05, 4.69) is 4.74 Å². The monoisotopic (exact) mass is 598 g/mol. The van der Waals surface area contributed by atoms with E-state index in [1.165, 1.54) is 33.8 Å². The van der Waals surface area contributed by atoms with Gasteiger partial charge in [0, 0.05) is 12.8 Å². The minimum absolute atomic E-state index is 0.0556. The first-order valence-corrected chi connectivity index (χ1v) is 12.2. The number of hydrogen-bond donors (Lipinski definition) is 0. The molecule has 1 aliphatic carbocycles. The lowest BCUT2D eigenvalue weighted by molar-refractivity contribution is -0.409. The number of aryl methyl sites for hydroxylation is 1. The molecule has 14 heteroatoms. The molecule has 1 fully saturated rings. The van der Waals surface area contributed by atoms with Crippen molar-refractivity contribution in [3.8, 4) is 5.75 Å². The maximum Gasteiger partial charge on any atom is 0.416 e. The average Bonchev–Trinajstić information content (AvgIpc) is 2.81. The van der Waals surface area contributed by atoms with Crippen molar-refractivity contribution < 1.29 is 63.0 Å². The molecule has 0 spiro atoms. The van der Waals surface area contributed by atoms with Crippen LogP contribution in [0.2, 0.25) is 0 Å². The van der Waals surface area contributed by atoms with Crippen molar-refractivity contribution in [1.29, 1.82) is 0 Å². The van der Waals surface area contributed by atoms with Crippen molar-refractivity contribution >= 4 is 11.9 Å². The Balaban J connectivity index is 0.000000402. The molecule has 0 aliphatic heterocycles. The van der Waals surface area contributed by atoms with E-state index >= 15 is 0 Å². The highest BCUT2D eigenvalue weighted by Gasteiger charge is 2.84. The molecule has 0 bridgehead atoms. The van der Waals surface area contributed by atoms with Crippen LogP contribution in [0.15, 0.2) is 18.2 Å². The van der Waals surface area contributed by atoms with Crippen LogP contribution in [0.1, 0.15) is 78.4 Å². The summed E-state index contributed by atoms with van der Waals surface area (Å²) >= 11 is 0. The number of ether oxygens (including phenoxy) is 2. The molecule has 0 saturated heterocycles. The first kappa shape index (κ1) is 35.5. The van der Waals surface area contributed by atoms with Gasteiger partial charge in [0.15, 0.2) is 0 Å². The van der Waals surface area contributed by atoms with Crippen LogP contribution in [0, 0.1) is 17.8 Å². The molecule has 0 aromatic heterocycles. The van der Waals surface area contributed by atoms with Crippen LogP contribution in [0.5, 0.6) is 5.75 Å². The summed E-state index contributed by atoms with van der Waals surface area (Å²) < 4.78 is 140. The minimum atomic E-state index is -5.95. The molecular weight excluding hydrogens is 566 g/mol. The summed E-state index contributed by atoms with van der Waals surface area (Å²) in [5.41, 5.74) is -2.55. The zero-order chi connectivity index (χ0) is 31.8. The summed E-state index contributed by atoms with van der Waals surface area (Å²) in [4.78, 5) is 23.4. The van der Waals surface area contributed by atoms with Gasteiger partial charge in [-0.3, -0.25) is 9.59 Å². The molecule has 2 rings (SSSR count). The molecule has 1 atom stereocenters. The van der Waals surface area contributed by atoms with Gasteiger partial charge in [-0.2, -0.15) is 43.9 Å². The fourth-order valence-electron chi connectivity index (χ4n) is 3.00. The average molecular weight is 599 g/mol. The minimum Gasteiger partial charge on any atom is -0.426 e. The van der Waals surface area contributed by atoms with Crippen LogP contribution < -0.4 is 4.74 Å². The third kappa shape index (κ3) is 7.20. The fraction of sp³-hybridized carbons (Fsp3) is 0.692. The second-order valence-corrected chi connectivity index (χ2v) is 10.9. The third-order valence-electron chi connectivity index (χ3n) is 6.80. The second-order valence-electron chi connectivity index (χ2n) is 10.9. The Morgan fingerprint density at radius 3 is 1.70 bits per heavy atom. The summed E-state index contributed by atoms with van der Waals surface area (Å²) in [6, 6.07) is 3.28. The van der Waals surface area contributed by atoms with Crippen molar-refractivity contribution in [2.45, 2.75) is 104 Å². The Bertz CT molecular complexity index is 1080. The van der Waals surface area contributed by atoms with E-state index in [1.54, 1.807) is 13.8 Å². The van der Waals surface area contributed by atoms with Crippen molar-refractivity contribution in [3.63, 3.8) is 0 Å². The summed E-state index contributed by atoms with van der Waals surface area (Å²) in [5, 5.41) is 0. The van der Waals surface area contributed by atoms with Gasteiger partial charge in [-0.25, -0.2) is 0 Å². The van der Waals surface area contributed by atoms with Crippen molar-refractivity contribution in [2.75, 3.05) is 0 Å². The number of benzene rings is 1. The summed E-state index contributed by atoms with van der Waals surface area (Å²) in [6.07, 6.45) is -7.42. The highest BCUT2D eigenvalue weighted by Crippen LogP contribution is 2.59. The Kier molecular flexibility index (Phi) is 10.1. The van der Waals surface area contributed by atoms with E-state index in [0.717, 1.165) is 12.1 Å². The second kappa shape index (κ2) is 11.4. The number of carbonyl (C=O) groups excluding carboxylic acids is 2. The van der Waals surface area contributed by atoms with Crippen LogP contribution >= 0.6 is 0 Å². The van der Waals surface area contributed by atoms with E-state index in [1.807, 2.05) is 6.92 Å². The Morgan fingerprint density at radius 2 is 1.25 bits per heavy atom. The van der Waals surface area contributed by atoms with Gasteiger partial charge in [-0.15, -0.1) is 0 Å². The van der Waals surface area contributed by atoms with Crippen LogP contribution in [0.4, 0.5) is 43.9 Å². The van der Waals surface area contributed by atoms with Crippen molar-refractivity contribution in [3.05, 3.63) is 29.3 Å². The molecule has 1 unspecified atom stereocenters. The molecule has 1 aromatic carbocycles. The molecule has 1 saturated carbocycles. The molecule has 230 valence electrons. The highest BCUT2D eigenvalue weighted by molar-refractivity contribution is 5.78. The first-order chi connectivity index (χ1) is 17.7. The molecule has 0 heterocycles. The number of hydrogen-bond acceptors (Lipinski definition) is 4. The quantitative estimate of drug-likeness (QED) is 0.187. The number of halogens is 10. The number of alkyl halides is 10. The van der Waals surface area contributed by atoms with Crippen molar-refractivity contribution in [1.82, 2.24) is 0 Å². The van der Waals surface area contributed by atoms with E-state index in [-0.39, 0.29) is 12.2 Å². The van der Waals surface area contributed by atoms with Gasteiger partial charge in [0.2, 0.25) is 0 Å². The summed E-state index contributed by atoms with van der Waals surface area (Å²) in [5.74, 6) is -23.4. The fourth-order valence-corrected chi connectivity index (χ4v) is 3.00. The smallest absolute Gasteiger partial charge is 0.416 e. The lowest BCUT2D eigenvalue weighted by Gasteiger charge is -2.45. The van der Waals surface area contributed by atoms with Crippen LogP contribution in [-0.4, -0.2) is 35.6 Å². The lowest BCUT2D eigenvalue weighted by Crippen LogP contribution is -2.69. The highest BCUT2D eigenvalue weighted by atomic mass is 19.4. The molecule has 40 heavy (non-hydrogen) atoms. The zero-order valence-electron chi connectivity index (χ0n) is 23.0. The standard InChI is InChI=1S/C14H17F3O2.C12H15F7O2/c1-5-13(3,4)12(18)19-11-7-9(2)6-10(8-11)14(15,16)17;1-4-8(2,3)7(20)21-10(15)6-5-9(13,14)11(16,17)12(10,18)19/h6-8H,5H2,1-4H3;4-6H2,1-3H3. The third-order valence-corrected chi connectivity index (χ3v) is 6.80. The zero-order valence-corrected chi connectivity index (χ0v) is 23.0. The van der Waals surface area contributed by atoms with Gasteiger partial charge in [-0.1, -0.05) is 13.8 Å². The SMILES string of the molecule is CCC(C)(C)C(=O)OC1(F)CCC(F)(F)C(F)(F)C1(F)F.CCC(C)(C)C(=O)Oc1cc(C)cc(C(F)(F)F)c1. The van der Waals surface area contributed by atoms with Gasteiger partial charge in [0.1, 0.15) is 5.75 Å². The Morgan fingerprint density at radius 1 is 0.775 bits per heavy atom.